The second kappa shape index (κ2) is 5.46. The Kier molecular flexibility index (Phi) is 3.51. The minimum Gasteiger partial charge on any atom is -0.256 e. The molecule has 3 rings (SSSR count). The van der Waals surface area contributed by atoms with Crippen molar-refractivity contribution in [3.8, 4) is 11.3 Å². The maximum atomic E-state index is 4.57. The monoisotopic (exact) mass is 261 g/mol. The molecule has 1 aromatic heterocycles. The molecule has 2 aromatic carbocycles. The van der Waals surface area contributed by atoms with Gasteiger partial charge in [-0.15, -0.1) is 0 Å². The second-order valence-electron chi connectivity index (χ2n) is 5.72. The molecule has 0 N–H and O–H groups in total. The second-order valence-corrected chi connectivity index (χ2v) is 5.72. The molecule has 0 amide bonds. The van der Waals surface area contributed by atoms with Gasteiger partial charge in [-0.2, -0.15) is 0 Å². The molecule has 0 saturated heterocycles. The first-order valence-electron chi connectivity index (χ1n) is 7.16. The lowest BCUT2D eigenvalue weighted by Crippen LogP contribution is -1.94. The summed E-state index contributed by atoms with van der Waals surface area (Å²) in [5.41, 5.74) is 3.61. The van der Waals surface area contributed by atoms with Gasteiger partial charge in [0.1, 0.15) is 0 Å². The Bertz CT molecular complexity index is 714. The van der Waals surface area contributed by atoms with Crippen LogP contribution in [0.2, 0.25) is 0 Å². The van der Waals surface area contributed by atoms with Crippen molar-refractivity contribution in [2.45, 2.75) is 20.3 Å². The summed E-state index contributed by atoms with van der Waals surface area (Å²) in [6.07, 6.45) is 3.09. The van der Waals surface area contributed by atoms with Gasteiger partial charge in [0.05, 0.1) is 5.69 Å². The van der Waals surface area contributed by atoms with Crippen molar-refractivity contribution in [1.29, 1.82) is 0 Å². The Morgan fingerprint density at radius 1 is 0.900 bits per heavy atom. The topological polar surface area (TPSA) is 12.9 Å². The number of hydrogen-bond acceptors (Lipinski definition) is 1. The number of rotatable bonds is 3. The summed E-state index contributed by atoms with van der Waals surface area (Å²) in [4.78, 5) is 4.57. The first-order chi connectivity index (χ1) is 9.72. The zero-order valence-corrected chi connectivity index (χ0v) is 12.0. The molecule has 0 bridgehead atoms. The van der Waals surface area contributed by atoms with E-state index in [1.807, 2.05) is 12.3 Å². The van der Waals surface area contributed by atoms with E-state index >= 15 is 0 Å². The molecule has 1 heteroatoms. The van der Waals surface area contributed by atoms with Crippen molar-refractivity contribution in [2.75, 3.05) is 0 Å². The van der Waals surface area contributed by atoms with Crippen molar-refractivity contribution in [3.05, 3.63) is 66.4 Å². The summed E-state index contributed by atoms with van der Waals surface area (Å²) in [7, 11) is 0. The average Bonchev–Trinajstić information content (AvgIpc) is 2.47. The van der Waals surface area contributed by atoms with Gasteiger partial charge in [-0.25, -0.2) is 0 Å². The molecule has 100 valence electrons. The van der Waals surface area contributed by atoms with Crippen LogP contribution in [0.1, 0.15) is 19.4 Å². The quantitative estimate of drug-likeness (QED) is 0.639. The first kappa shape index (κ1) is 12.9. The number of fused-ring (bicyclic) bond motifs is 1. The third-order valence-electron chi connectivity index (χ3n) is 3.50. The minimum absolute atomic E-state index is 0.683. The molecule has 0 radical (unpaired) electrons. The highest BCUT2D eigenvalue weighted by Crippen LogP contribution is 2.23. The number of pyridine rings is 1. The normalized spacial score (nSPS) is 11.2. The van der Waals surface area contributed by atoms with E-state index in [-0.39, 0.29) is 0 Å². The summed E-state index contributed by atoms with van der Waals surface area (Å²) < 4.78 is 0. The van der Waals surface area contributed by atoms with Gasteiger partial charge >= 0.3 is 0 Å². The van der Waals surface area contributed by atoms with E-state index in [0.717, 1.165) is 12.1 Å². The third kappa shape index (κ3) is 2.72. The van der Waals surface area contributed by atoms with E-state index in [4.69, 9.17) is 0 Å². The Morgan fingerprint density at radius 3 is 2.45 bits per heavy atom. The molecule has 3 aromatic rings. The lowest BCUT2D eigenvalue weighted by molar-refractivity contribution is 0.648. The van der Waals surface area contributed by atoms with E-state index in [2.05, 4.69) is 67.4 Å². The van der Waals surface area contributed by atoms with Crippen molar-refractivity contribution in [3.63, 3.8) is 0 Å². The van der Waals surface area contributed by atoms with Gasteiger partial charge < -0.3 is 0 Å². The summed E-state index contributed by atoms with van der Waals surface area (Å²) >= 11 is 0. The molecular formula is C19H19N. The first-order valence-corrected chi connectivity index (χ1v) is 7.16. The number of benzene rings is 2. The number of nitrogens with zero attached hydrogens (tertiary/aromatic N) is 1. The van der Waals surface area contributed by atoms with Crippen LogP contribution in [0, 0.1) is 5.92 Å². The highest BCUT2D eigenvalue weighted by Gasteiger charge is 2.03. The van der Waals surface area contributed by atoms with Crippen molar-refractivity contribution in [1.82, 2.24) is 4.98 Å². The molecule has 1 heterocycles. The SMILES string of the molecule is CC(C)Cc1ccc2cnc(-c3ccccc3)cc2c1. The molecule has 0 atom stereocenters. The highest BCUT2D eigenvalue weighted by molar-refractivity contribution is 5.85. The van der Waals surface area contributed by atoms with Crippen molar-refractivity contribution in [2.24, 2.45) is 5.92 Å². The summed E-state index contributed by atoms with van der Waals surface area (Å²) in [5.74, 6) is 0.683. The third-order valence-corrected chi connectivity index (χ3v) is 3.50. The van der Waals surface area contributed by atoms with Gasteiger partial charge in [0.25, 0.3) is 0 Å². The van der Waals surface area contributed by atoms with Crippen LogP contribution in [0.15, 0.2) is 60.8 Å². The predicted molar refractivity (Wildman–Crippen MR) is 85.7 cm³/mol. The summed E-state index contributed by atoms with van der Waals surface area (Å²) in [6, 6.07) is 19.2. The molecule has 0 saturated carbocycles. The molecular weight excluding hydrogens is 242 g/mol. The highest BCUT2D eigenvalue weighted by atomic mass is 14.7. The Hall–Kier alpha value is -2.15. The molecule has 0 fully saturated rings. The largest absolute Gasteiger partial charge is 0.256 e. The average molecular weight is 261 g/mol. The lowest BCUT2D eigenvalue weighted by atomic mass is 9.99. The van der Waals surface area contributed by atoms with Crippen LogP contribution >= 0.6 is 0 Å². The minimum atomic E-state index is 0.683. The Morgan fingerprint density at radius 2 is 1.70 bits per heavy atom. The molecule has 0 aliphatic carbocycles. The summed E-state index contributed by atoms with van der Waals surface area (Å²) in [6.45, 7) is 4.51. The van der Waals surface area contributed by atoms with Crippen molar-refractivity contribution < 1.29 is 0 Å². The fourth-order valence-corrected chi connectivity index (χ4v) is 2.56. The van der Waals surface area contributed by atoms with Gasteiger partial charge in [-0.05, 0) is 29.4 Å². The van der Waals surface area contributed by atoms with Gasteiger partial charge in [-0.1, -0.05) is 62.4 Å². The molecule has 0 aliphatic heterocycles. The fraction of sp³-hybridized carbons (Fsp3) is 0.211. The maximum Gasteiger partial charge on any atom is 0.0708 e. The zero-order chi connectivity index (χ0) is 13.9. The van der Waals surface area contributed by atoms with Crippen LogP contribution in [-0.4, -0.2) is 4.98 Å². The van der Waals surface area contributed by atoms with Crippen LogP contribution in [0.25, 0.3) is 22.0 Å². The number of hydrogen-bond donors (Lipinski definition) is 0. The van der Waals surface area contributed by atoms with Gasteiger partial charge in [-0.3, -0.25) is 4.98 Å². The van der Waals surface area contributed by atoms with E-state index in [1.54, 1.807) is 0 Å². The van der Waals surface area contributed by atoms with Crippen LogP contribution in [0.3, 0.4) is 0 Å². The van der Waals surface area contributed by atoms with Gasteiger partial charge in [0.2, 0.25) is 0 Å². The number of aromatic nitrogens is 1. The molecule has 0 aliphatic rings. The van der Waals surface area contributed by atoms with Crippen LogP contribution in [0.4, 0.5) is 0 Å². The van der Waals surface area contributed by atoms with E-state index in [9.17, 15) is 0 Å². The molecule has 0 unspecified atom stereocenters. The van der Waals surface area contributed by atoms with Crippen LogP contribution < -0.4 is 0 Å². The Labute approximate surface area is 120 Å². The summed E-state index contributed by atoms with van der Waals surface area (Å²) in [5, 5.41) is 2.48. The van der Waals surface area contributed by atoms with Crippen molar-refractivity contribution >= 4 is 10.8 Å². The fourth-order valence-electron chi connectivity index (χ4n) is 2.56. The van der Waals surface area contributed by atoms with E-state index in [1.165, 1.54) is 21.9 Å². The standard InChI is InChI=1S/C19H19N/c1-14(2)10-15-8-9-17-13-20-19(12-18(17)11-15)16-6-4-3-5-7-16/h3-9,11-14H,10H2,1-2H3. The van der Waals surface area contributed by atoms with Crippen LogP contribution in [-0.2, 0) is 6.42 Å². The van der Waals surface area contributed by atoms with Gasteiger partial charge in [0, 0.05) is 17.1 Å². The van der Waals surface area contributed by atoms with E-state index < -0.39 is 0 Å². The maximum absolute atomic E-state index is 4.57. The lowest BCUT2D eigenvalue weighted by Gasteiger charge is -2.08. The molecule has 20 heavy (non-hydrogen) atoms. The molecule has 0 spiro atoms. The van der Waals surface area contributed by atoms with Gasteiger partial charge in [0.15, 0.2) is 0 Å². The van der Waals surface area contributed by atoms with E-state index in [0.29, 0.717) is 5.92 Å². The molecule has 1 nitrogen and oxygen atoms in total. The Balaban J connectivity index is 2.05. The zero-order valence-electron chi connectivity index (χ0n) is 12.0. The smallest absolute Gasteiger partial charge is 0.0708 e. The van der Waals surface area contributed by atoms with Crippen LogP contribution in [0.5, 0.6) is 0 Å². The predicted octanol–water partition coefficient (Wildman–Crippen LogP) is 5.10.